The maximum Gasteiger partial charge on any atom is 0.197 e. The molecule has 4 heteroatoms. The fourth-order valence-corrected chi connectivity index (χ4v) is 4.94. The van der Waals surface area contributed by atoms with Crippen molar-refractivity contribution >= 4 is 44.7 Å². The molecule has 0 bridgehead atoms. The minimum atomic E-state index is -0.269. The van der Waals surface area contributed by atoms with Gasteiger partial charge < -0.3 is 5.11 Å². The molecule has 6 rings (SSSR count). The fourth-order valence-electron chi connectivity index (χ4n) is 4.94. The molecule has 0 amide bonds. The topological polar surface area (TPSA) is 71.4 Å². The van der Waals surface area contributed by atoms with Gasteiger partial charge in [-0.05, 0) is 64.7 Å². The first-order valence-corrected chi connectivity index (χ1v) is 11.5. The Morgan fingerprint density at radius 2 is 1.09 bits per heavy atom. The highest BCUT2D eigenvalue weighted by Crippen LogP contribution is 2.36. The molecule has 2 aliphatic rings. The van der Waals surface area contributed by atoms with E-state index in [1.54, 1.807) is 30.4 Å². The molecule has 0 unspecified atom stereocenters. The first-order chi connectivity index (χ1) is 17.0. The summed E-state index contributed by atoms with van der Waals surface area (Å²) >= 11 is 0. The van der Waals surface area contributed by atoms with E-state index < -0.39 is 0 Å². The molecule has 0 atom stereocenters. The highest BCUT2D eigenvalue weighted by atomic mass is 16.3. The summed E-state index contributed by atoms with van der Waals surface area (Å²) in [5, 5.41) is 14.5. The Morgan fingerprint density at radius 1 is 0.629 bits per heavy atom. The van der Waals surface area contributed by atoms with E-state index in [0.29, 0.717) is 40.7 Å². The summed E-state index contributed by atoms with van der Waals surface area (Å²) < 4.78 is 0. The minimum absolute atomic E-state index is 0.0335. The van der Waals surface area contributed by atoms with Crippen LogP contribution < -0.4 is 0 Å². The number of Topliss-reactive ketones (excluding diaryl/α,β-unsaturated/α-hetero) is 3. The summed E-state index contributed by atoms with van der Waals surface area (Å²) in [6.45, 7) is 0. The van der Waals surface area contributed by atoms with Crippen LogP contribution in [0, 0.1) is 0 Å². The molecule has 0 spiro atoms. The van der Waals surface area contributed by atoms with Crippen molar-refractivity contribution in [3.63, 3.8) is 0 Å². The SMILES string of the molecule is O=C1C(=C/C=C/CCC2=C(O)c3cc4ccccc4cc3C2=O)C(=O)c2cc3ccccc3cc21. The van der Waals surface area contributed by atoms with E-state index >= 15 is 0 Å². The van der Waals surface area contributed by atoms with Crippen molar-refractivity contribution in [1.29, 1.82) is 0 Å². The van der Waals surface area contributed by atoms with E-state index in [9.17, 15) is 19.5 Å². The number of hydrogen-bond acceptors (Lipinski definition) is 4. The van der Waals surface area contributed by atoms with Crippen molar-refractivity contribution in [3.05, 3.63) is 124 Å². The Morgan fingerprint density at radius 3 is 1.60 bits per heavy atom. The molecular weight excluding hydrogens is 436 g/mol. The van der Waals surface area contributed by atoms with E-state index in [4.69, 9.17) is 0 Å². The molecule has 0 fully saturated rings. The Bertz CT molecular complexity index is 1640. The Hall–Kier alpha value is -4.57. The molecule has 4 aromatic rings. The van der Waals surface area contributed by atoms with E-state index in [0.717, 1.165) is 21.5 Å². The first kappa shape index (κ1) is 21.0. The van der Waals surface area contributed by atoms with Crippen LogP contribution in [-0.4, -0.2) is 22.5 Å². The van der Waals surface area contributed by atoms with Crippen molar-refractivity contribution < 1.29 is 19.5 Å². The molecule has 1 N–H and O–H groups in total. The maximum absolute atomic E-state index is 12.9. The number of carbonyl (C=O) groups excluding carboxylic acids is 3. The molecular formula is C31H20O4. The van der Waals surface area contributed by atoms with Crippen LogP contribution in [0.4, 0.5) is 0 Å². The molecule has 4 aromatic carbocycles. The standard InChI is InChI=1S/C31H20O4/c32-28-22(29(33)25-15-19-9-5-4-8-18(19)14-24(25)28)12-2-1-3-13-23-30(34)26-16-20-10-6-7-11-21(20)17-27(26)31(23)35/h1-2,4-12,14-17,34H,3,13H2/b2-1+. The summed E-state index contributed by atoms with van der Waals surface area (Å²) in [7, 11) is 0. The zero-order valence-corrected chi connectivity index (χ0v) is 18.7. The van der Waals surface area contributed by atoms with E-state index in [-0.39, 0.29) is 28.7 Å². The Balaban J connectivity index is 1.19. The smallest absolute Gasteiger partial charge is 0.197 e. The van der Waals surface area contributed by atoms with Crippen LogP contribution in [-0.2, 0) is 0 Å². The van der Waals surface area contributed by atoms with Crippen LogP contribution in [0.1, 0.15) is 49.5 Å². The Labute approximate surface area is 201 Å². The largest absolute Gasteiger partial charge is 0.507 e. The second-order valence-corrected chi connectivity index (χ2v) is 8.85. The lowest BCUT2D eigenvalue weighted by molar-refractivity contribution is 0.0986. The second kappa shape index (κ2) is 8.03. The molecule has 0 saturated heterocycles. The molecule has 0 aliphatic heterocycles. The van der Waals surface area contributed by atoms with Gasteiger partial charge in [-0.3, -0.25) is 14.4 Å². The quantitative estimate of drug-likeness (QED) is 0.271. The highest BCUT2D eigenvalue weighted by Gasteiger charge is 2.33. The number of allylic oxidation sites excluding steroid dienone is 5. The van der Waals surface area contributed by atoms with Crippen molar-refractivity contribution in [2.24, 2.45) is 0 Å². The van der Waals surface area contributed by atoms with Crippen LogP contribution in [0.15, 0.2) is 102 Å². The fraction of sp³-hybridized carbons (Fsp3) is 0.0645. The molecule has 0 heterocycles. The minimum Gasteiger partial charge on any atom is -0.507 e. The third-order valence-corrected chi connectivity index (χ3v) is 6.77. The number of ketones is 3. The van der Waals surface area contributed by atoms with E-state index in [1.807, 2.05) is 60.7 Å². The van der Waals surface area contributed by atoms with E-state index in [2.05, 4.69) is 0 Å². The molecule has 0 saturated carbocycles. The zero-order valence-electron chi connectivity index (χ0n) is 18.7. The lowest BCUT2D eigenvalue weighted by Gasteiger charge is -2.02. The molecule has 0 aromatic heterocycles. The molecule has 4 nitrogen and oxygen atoms in total. The van der Waals surface area contributed by atoms with Gasteiger partial charge in [0.25, 0.3) is 0 Å². The van der Waals surface area contributed by atoms with Gasteiger partial charge in [-0.1, -0.05) is 60.7 Å². The van der Waals surface area contributed by atoms with Gasteiger partial charge in [-0.15, -0.1) is 0 Å². The lowest BCUT2D eigenvalue weighted by atomic mass is 10.0. The lowest BCUT2D eigenvalue weighted by Crippen LogP contribution is -2.00. The van der Waals surface area contributed by atoms with Gasteiger partial charge in [0.2, 0.25) is 0 Å². The van der Waals surface area contributed by atoms with Crippen LogP contribution in [0.5, 0.6) is 0 Å². The van der Waals surface area contributed by atoms with Gasteiger partial charge in [-0.25, -0.2) is 0 Å². The van der Waals surface area contributed by atoms with Gasteiger partial charge >= 0.3 is 0 Å². The van der Waals surface area contributed by atoms with Crippen LogP contribution in [0.25, 0.3) is 27.3 Å². The summed E-state index contributed by atoms with van der Waals surface area (Å²) in [5.74, 6) is -0.659. The predicted octanol–water partition coefficient (Wildman–Crippen LogP) is 6.80. The van der Waals surface area contributed by atoms with Crippen LogP contribution >= 0.6 is 0 Å². The van der Waals surface area contributed by atoms with Gasteiger partial charge in [0, 0.05) is 27.8 Å². The predicted molar refractivity (Wildman–Crippen MR) is 137 cm³/mol. The van der Waals surface area contributed by atoms with Gasteiger partial charge in [0.15, 0.2) is 17.3 Å². The van der Waals surface area contributed by atoms with Crippen molar-refractivity contribution in [1.82, 2.24) is 0 Å². The number of rotatable bonds is 4. The van der Waals surface area contributed by atoms with Crippen molar-refractivity contribution in [2.75, 3.05) is 0 Å². The normalized spacial score (nSPS) is 15.1. The van der Waals surface area contributed by atoms with Gasteiger partial charge in [-0.2, -0.15) is 0 Å². The van der Waals surface area contributed by atoms with E-state index in [1.165, 1.54) is 0 Å². The van der Waals surface area contributed by atoms with Crippen molar-refractivity contribution in [2.45, 2.75) is 12.8 Å². The average molecular weight is 456 g/mol. The summed E-state index contributed by atoms with van der Waals surface area (Å²) in [5.41, 5.74) is 2.50. The Kier molecular flexibility index (Phi) is 4.82. The molecule has 2 aliphatic carbocycles. The first-order valence-electron chi connectivity index (χ1n) is 11.5. The van der Waals surface area contributed by atoms with Gasteiger partial charge in [0.05, 0.1) is 5.57 Å². The number of fused-ring (bicyclic) bond motifs is 4. The number of aliphatic hydroxyl groups excluding tert-OH is 1. The average Bonchev–Trinajstić information content (AvgIpc) is 3.25. The highest BCUT2D eigenvalue weighted by molar-refractivity contribution is 6.40. The number of benzene rings is 4. The zero-order chi connectivity index (χ0) is 24.1. The van der Waals surface area contributed by atoms with Gasteiger partial charge in [0.1, 0.15) is 5.76 Å². The molecule has 0 radical (unpaired) electrons. The number of aliphatic hydroxyl groups is 1. The summed E-state index contributed by atoms with van der Waals surface area (Å²) in [6, 6.07) is 22.6. The van der Waals surface area contributed by atoms with Crippen LogP contribution in [0.3, 0.4) is 0 Å². The molecule has 168 valence electrons. The van der Waals surface area contributed by atoms with Crippen LogP contribution in [0.2, 0.25) is 0 Å². The third kappa shape index (κ3) is 3.34. The van der Waals surface area contributed by atoms with Crippen molar-refractivity contribution in [3.8, 4) is 0 Å². The summed E-state index contributed by atoms with van der Waals surface area (Å²) in [6.07, 6.45) is 5.88. The molecule has 35 heavy (non-hydrogen) atoms. The number of carbonyl (C=O) groups is 3. The number of hydrogen-bond donors (Lipinski definition) is 1. The third-order valence-electron chi connectivity index (χ3n) is 6.77. The maximum atomic E-state index is 12.9. The summed E-state index contributed by atoms with van der Waals surface area (Å²) in [4.78, 5) is 38.5. The second-order valence-electron chi connectivity index (χ2n) is 8.85. The monoisotopic (exact) mass is 456 g/mol.